The van der Waals surface area contributed by atoms with Gasteiger partial charge in [0.1, 0.15) is 5.58 Å². The molecule has 0 bridgehead atoms. The Balaban J connectivity index is 1.23. The van der Waals surface area contributed by atoms with E-state index in [4.69, 9.17) is 4.42 Å². The lowest BCUT2D eigenvalue weighted by Crippen LogP contribution is -1.99. The fraction of sp³-hybridized carbons (Fsp3) is 0.0417. The second kappa shape index (κ2) is 11.0. The Labute approximate surface area is 294 Å². The summed E-state index contributed by atoms with van der Waals surface area (Å²) in [5.41, 5.74) is 13.6. The van der Waals surface area contributed by atoms with Crippen molar-refractivity contribution in [2.45, 2.75) is 12.8 Å². The highest BCUT2D eigenvalue weighted by Crippen LogP contribution is 2.42. The smallest absolute Gasteiger partial charge is 0.159 e. The van der Waals surface area contributed by atoms with Crippen LogP contribution < -0.4 is 0 Å². The average molecular weight is 653 g/mol. The molecule has 3 heteroatoms. The van der Waals surface area contributed by atoms with Crippen molar-refractivity contribution >= 4 is 71.1 Å². The third kappa shape index (κ3) is 4.25. The fourth-order valence-corrected chi connectivity index (χ4v) is 8.39. The van der Waals surface area contributed by atoms with Crippen LogP contribution in [0.4, 0.5) is 0 Å². The summed E-state index contributed by atoms with van der Waals surface area (Å²) in [5.74, 6) is 0. The lowest BCUT2D eigenvalue weighted by molar-refractivity contribution is 0.666. The summed E-state index contributed by atoms with van der Waals surface area (Å²) in [6, 6.07) is 55.1. The van der Waals surface area contributed by atoms with Gasteiger partial charge in [0.05, 0.1) is 27.8 Å². The van der Waals surface area contributed by atoms with Crippen molar-refractivity contribution < 1.29 is 4.42 Å². The number of para-hydroxylation sites is 3. The number of nitrogens with zero attached hydrogens (tertiary/aromatic N) is 2. The zero-order chi connectivity index (χ0) is 33.5. The van der Waals surface area contributed by atoms with Crippen molar-refractivity contribution in [1.82, 2.24) is 9.13 Å². The molecule has 7 aromatic carbocycles. The molecular weight excluding hydrogens is 621 g/mol. The second-order valence-corrected chi connectivity index (χ2v) is 13.6. The number of furan rings is 1. The first-order chi connectivity index (χ1) is 25.3. The first kappa shape index (κ1) is 28.3. The largest absolute Gasteiger partial charge is 0.454 e. The molecule has 3 nitrogen and oxygen atoms in total. The van der Waals surface area contributed by atoms with Gasteiger partial charge < -0.3 is 13.6 Å². The van der Waals surface area contributed by atoms with Crippen LogP contribution in [0, 0.1) is 0 Å². The van der Waals surface area contributed by atoms with Crippen LogP contribution in [0.3, 0.4) is 0 Å². The van der Waals surface area contributed by atoms with E-state index < -0.39 is 0 Å². The van der Waals surface area contributed by atoms with Crippen LogP contribution in [0.25, 0.3) is 93.6 Å². The monoisotopic (exact) mass is 652 g/mol. The quantitative estimate of drug-likeness (QED) is 0.186. The molecule has 0 atom stereocenters. The summed E-state index contributed by atoms with van der Waals surface area (Å²) < 4.78 is 11.6. The number of rotatable bonds is 4. The van der Waals surface area contributed by atoms with Crippen molar-refractivity contribution in [1.29, 1.82) is 0 Å². The van der Waals surface area contributed by atoms with E-state index in [0.29, 0.717) is 0 Å². The zero-order valence-electron chi connectivity index (χ0n) is 27.9. The third-order valence-corrected chi connectivity index (χ3v) is 10.7. The summed E-state index contributed by atoms with van der Waals surface area (Å²) >= 11 is 0. The summed E-state index contributed by atoms with van der Waals surface area (Å²) in [7, 11) is 0. The molecule has 1 aliphatic carbocycles. The SMILES string of the molecule is C1=CC(c2ccc3c(c2)c2ccccc2n3-c2cc(-n3c4ccccc4c4cc(-c5ccccc5)ccc43)cc3c2oc2ccccc23)=CCC1. The molecule has 0 amide bonds. The van der Waals surface area contributed by atoms with E-state index in [2.05, 4.69) is 179 Å². The fourth-order valence-electron chi connectivity index (χ4n) is 8.39. The third-order valence-electron chi connectivity index (χ3n) is 10.7. The number of aromatic nitrogens is 2. The highest BCUT2D eigenvalue weighted by Gasteiger charge is 2.22. The molecule has 11 rings (SSSR count). The van der Waals surface area contributed by atoms with Gasteiger partial charge in [-0.3, -0.25) is 0 Å². The van der Waals surface area contributed by atoms with E-state index in [9.17, 15) is 0 Å². The maximum atomic E-state index is 6.79. The summed E-state index contributed by atoms with van der Waals surface area (Å²) in [6.45, 7) is 0. The molecule has 0 radical (unpaired) electrons. The van der Waals surface area contributed by atoms with Crippen molar-refractivity contribution in [3.05, 3.63) is 175 Å². The van der Waals surface area contributed by atoms with Crippen LogP contribution in [0.15, 0.2) is 174 Å². The van der Waals surface area contributed by atoms with Gasteiger partial charge in [0.2, 0.25) is 0 Å². The highest BCUT2D eigenvalue weighted by molar-refractivity contribution is 6.15. The molecule has 0 spiro atoms. The van der Waals surface area contributed by atoms with Crippen LogP contribution in [-0.4, -0.2) is 9.13 Å². The van der Waals surface area contributed by atoms with Gasteiger partial charge in [-0.15, -0.1) is 0 Å². The minimum Gasteiger partial charge on any atom is -0.454 e. The Bertz CT molecular complexity index is 3070. The van der Waals surface area contributed by atoms with Gasteiger partial charge in [-0.1, -0.05) is 115 Å². The van der Waals surface area contributed by atoms with E-state index in [1.807, 2.05) is 0 Å². The molecule has 51 heavy (non-hydrogen) atoms. The highest BCUT2D eigenvalue weighted by atomic mass is 16.3. The van der Waals surface area contributed by atoms with Crippen LogP contribution >= 0.6 is 0 Å². The molecule has 0 aliphatic heterocycles. The molecule has 3 aromatic heterocycles. The van der Waals surface area contributed by atoms with Crippen molar-refractivity contribution in [3.8, 4) is 22.5 Å². The molecule has 3 heterocycles. The topological polar surface area (TPSA) is 23.0 Å². The van der Waals surface area contributed by atoms with Gasteiger partial charge in [-0.25, -0.2) is 0 Å². The molecule has 0 fully saturated rings. The summed E-state index contributed by atoms with van der Waals surface area (Å²) in [6.07, 6.45) is 9.09. The van der Waals surface area contributed by atoms with Crippen LogP contribution in [-0.2, 0) is 0 Å². The van der Waals surface area contributed by atoms with Crippen molar-refractivity contribution in [2.75, 3.05) is 0 Å². The molecule has 10 aromatic rings. The minimum absolute atomic E-state index is 0.886. The first-order valence-corrected chi connectivity index (χ1v) is 17.8. The molecule has 0 saturated carbocycles. The summed E-state index contributed by atoms with van der Waals surface area (Å²) in [5, 5.41) is 7.16. The number of fused-ring (bicyclic) bond motifs is 9. The lowest BCUT2D eigenvalue weighted by Gasteiger charge is -2.14. The first-order valence-electron chi connectivity index (χ1n) is 17.8. The Morgan fingerprint density at radius 3 is 1.82 bits per heavy atom. The lowest BCUT2D eigenvalue weighted by atomic mass is 9.98. The van der Waals surface area contributed by atoms with E-state index in [0.717, 1.165) is 57.2 Å². The van der Waals surface area contributed by atoms with Crippen LogP contribution in [0.5, 0.6) is 0 Å². The van der Waals surface area contributed by atoms with Crippen molar-refractivity contribution in [3.63, 3.8) is 0 Å². The number of hydrogen-bond donors (Lipinski definition) is 0. The van der Waals surface area contributed by atoms with Gasteiger partial charge in [0, 0.05) is 38.0 Å². The Kier molecular flexibility index (Phi) is 6.08. The minimum atomic E-state index is 0.886. The Morgan fingerprint density at radius 2 is 1.06 bits per heavy atom. The zero-order valence-corrected chi connectivity index (χ0v) is 27.9. The van der Waals surface area contributed by atoms with Crippen LogP contribution in [0.1, 0.15) is 18.4 Å². The van der Waals surface area contributed by atoms with Gasteiger partial charge in [-0.2, -0.15) is 0 Å². The Morgan fingerprint density at radius 1 is 0.431 bits per heavy atom. The molecule has 0 unspecified atom stereocenters. The maximum Gasteiger partial charge on any atom is 0.159 e. The number of benzene rings is 7. The standard InChI is InChI=1S/C48H32N2O/c1-3-13-31(14-4-1)33-23-25-44-39(27-33)36-17-7-10-20-42(36)49(44)35-29-41-38-19-9-12-22-47(38)51-48(41)46(30-35)50-43-21-11-8-18-37(43)40-28-34(24-26-45(40)50)32-15-5-2-6-16-32/h1,3-5,7-30H,2,6H2. The number of allylic oxidation sites excluding steroid dienone is 4. The maximum absolute atomic E-state index is 6.79. The predicted molar refractivity (Wildman–Crippen MR) is 214 cm³/mol. The van der Waals surface area contributed by atoms with E-state index >= 15 is 0 Å². The molecular formula is C48H32N2O. The average Bonchev–Trinajstić information content (AvgIpc) is 3.85. The molecule has 0 saturated heterocycles. The van der Waals surface area contributed by atoms with Crippen molar-refractivity contribution in [2.24, 2.45) is 0 Å². The van der Waals surface area contributed by atoms with Gasteiger partial charge >= 0.3 is 0 Å². The Hall–Kier alpha value is -6.58. The second-order valence-electron chi connectivity index (χ2n) is 13.6. The number of hydrogen-bond acceptors (Lipinski definition) is 1. The van der Waals surface area contributed by atoms with E-state index in [1.54, 1.807) is 0 Å². The van der Waals surface area contributed by atoms with Gasteiger partial charge in [0.25, 0.3) is 0 Å². The molecule has 240 valence electrons. The normalized spacial score (nSPS) is 13.4. The van der Waals surface area contributed by atoms with E-state index in [1.165, 1.54) is 54.8 Å². The predicted octanol–water partition coefficient (Wildman–Crippen LogP) is 13.2. The van der Waals surface area contributed by atoms with E-state index in [-0.39, 0.29) is 0 Å². The van der Waals surface area contributed by atoms with Crippen LogP contribution in [0.2, 0.25) is 0 Å². The van der Waals surface area contributed by atoms with Gasteiger partial charge in [-0.05, 0) is 89.7 Å². The molecule has 0 N–H and O–H groups in total. The summed E-state index contributed by atoms with van der Waals surface area (Å²) in [4.78, 5) is 0. The van der Waals surface area contributed by atoms with Gasteiger partial charge in [0.15, 0.2) is 5.58 Å². The molecule has 1 aliphatic rings.